The number of rotatable bonds is 1. The van der Waals surface area contributed by atoms with Gasteiger partial charge < -0.3 is 4.57 Å². The number of aromatic nitrogens is 1. The van der Waals surface area contributed by atoms with Gasteiger partial charge in [0.2, 0.25) is 0 Å². The third-order valence-corrected chi connectivity index (χ3v) is 4.39. The van der Waals surface area contributed by atoms with Crippen LogP contribution >= 0.6 is 15.9 Å². The minimum atomic E-state index is 0.0829. The zero-order valence-corrected chi connectivity index (χ0v) is 13.2. The molecule has 0 unspecified atom stereocenters. The number of hydrogen-bond acceptors (Lipinski definition) is 1. The van der Waals surface area contributed by atoms with Crippen molar-refractivity contribution >= 4 is 37.7 Å². The molecule has 0 aliphatic rings. The first-order chi connectivity index (χ1) is 10.8. The highest BCUT2D eigenvalue weighted by molar-refractivity contribution is 9.10. The Morgan fingerprint density at radius 1 is 0.682 bits per heavy atom. The van der Waals surface area contributed by atoms with E-state index in [1.54, 1.807) is 0 Å². The number of pyridine rings is 1. The number of benzene rings is 3. The van der Waals surface area contributed by atoms with Gasteiger partial charge in [-0.1, -0.05) is 40.2 Å². The van der Waals surface area contributed by atoms with Gasteiger partial charge >= 0.3 is 0 Å². The Labute approximate surface area is 135 Å². The standard InChI is InChI=1S/C19H12BrNO/c20-13-9-11-14(12-10-13)21-17-7-3-1-5-15(17)19(22)16-6-2-4-8-18(16)21/h1-12H. The van der Waals surface area contributed by atoms with Crippen LogP contribution in [0.4, 0.5) is 0 Å². The fraction of sp³-hybridized carbons (Fsp3) is 0. The topological polar surface area (TPSA) is 22.0 Å². The molecular formula is C19H12BrNO. The van der Waals surface area contributed by atoms with Crippen molar-refractivity contribution in [1.82, 2.24) is 4.57 Å². The van der Waals surface area contributed by atoms with E-state index < -0.39 is 0 Å². The Balaban J connectivity index is 2.25. The smallest absolute Gasteiger partial charge is 0.197 e. The molecular weight excluding hydrogens is 338 g/mol. The van der Waals surface area contributed by atoms with Gasteiger partial charge in [-0.25, -0.2) is 0 Å². The minimum Gasteiger partial charge on any atom is -0.309 e. The second kappa shape index (κ2) is 5.11. The van der Waals surface area contributed by atoms with Gasteiger partial charge in [-0.3, -0.25) is 4.79 Å². The average molecular weight is 350 g/mol. The monoisotopic (exact) mass is 349 g/mol. The zero-order chi connectivity index (χ0) is 15.1. The van der Waals surface area contributed by atoms with Crippen LogP contribution in [0.25, 0.3) is 27.5 Å². The zero-order valence-electron chi connectivity index (χ0n) is 11.7. The first kappa shape index (κ1) is 13.3. The molecule has 3 heteroatoms. The van der Waals surface area contributed by atoms with Crippen LogP contribution in [0, 0.1) is 0 Å². The van der Waals surface area contributed by atoms with Gasteiger partial charge in [0.25, 0.3) is 0 Å². The molecule has 0 spiro atoms. The molecule has 0 aliphatic heterocycles. The molecule has 0 atom stereocenters. The van der Waals surface area contributed by atoms with E-state index in [0.717, 1.165) is 32.0 Å². The van der Waals surface area contributed by atoms with Crippen molar-refractivity contribution in [1.29, 1.82) is 0 Å². The minimum absolute atomic E-state index is 0.0829. The first-order valence-electron chi connectivity index (χ1n) is 7.04. The second-order valence-electron chi connectivity index (χ2n) is 5.18. The van der Waals surface area contributed by atoms with Gasteiger partial charge in [0.05, 0.1) is 11.0 Å². The summed E-state index contributed by atoms with van der Waals surface area (Å²) in [5.74, 6) is 0. The molecule has 0 fully saturated rings. The molecule has 106 valence electrons. The maximum absolute atomic E-state index is 12.7. The van der Waals surface area contributed by atoms with Crippen molar-refractivity contribution in [2.45, 2.75) is 0 Å². The second-order valence-corrected chi connectivity index (χ2v) is 6.09. The van der Waals surface area contributed by atoms with Crippen molar-refractivity contribution in [2.24, 2.45) is 0 Å². The van der Waals surface area contributed by atoms with E-state index in [-0.39, 0.29) is 5.43 Å². The molecule has 1 heterocycles. The van der Waals surface area contributed by atoms with Crippen LogP contribution in [0.2, 0.25) is 0 Å². The number of hydrogen-bond donors (Lipinski definition) is 0. The van der Waals surface area contributed by atoms with Gasteiger partial charge in [-0.2, -0.15) is 0 Å². The molecule has 0 amide bonds. The number of halogens is 1. The summed E-state index contributed by atoms with van der Waals surface area (Å²) in [7, 11) is 0. The van der Waals surface area contributed by atoms with Crippen LogP contribution in [0.5, 0.6) is 0 Å². The Kier molecular flexibility index (Phi) is 3.09. The van der Waals surface area contributed by atoms with Crippen LogP contribution in [0.3, 0.4) is 0 Å². The normalized spacial score (nSPS) is 11.1. The fourth-order valence-corrected chi connectivity index (χ4v) is 3.13. The summed E-state index contributed by atoms with van der Waals surface area (Å²) in [5.41, 5.74) is 2.97. The number of fused-ring (bicyclic) bond motifs is 2. The summed E-state index contributed by atoms with van der Waals surface area (Å²) in [6.07, 6.45) is 0. The lowest BCUT2D eigenvalue weighted by Crippen LogP contribution is -2.10. The molecule has 0 radical (unpaired) electrons. The third kappa shape index (κ3) is 1.97. The first-order valence-corrected chi connectivity index (χ1v) is 7.83. The summed E-state index contributed by atoms with van der Waals surface area (Å²) in [6, 6.07) is 23.6. The lowest BCUT2D eigenvalue weighted by Gasteiger charge is -2.15. The van der Waals surface area contributed by atoms with Crippen molar-refractivity contribution in [2.75, 3.05) is 0 Å². The molecule has 22 heavy (non-hydrogen) atoms. The molecule has 1 aromatic heterocycles. The predicted octanol–water partition coefficient (Wildman–Crippen LogP) is 4.91. The summed E-state index contributed by atoms with van der Waals surface area (Å²) in [5, 5.41) is 1.48. The van der Waals surface area contributed by atoms with E-state index in [0.29, 0.717) is 0 Å². The molecule has 4 rings (SSSR count). The number of para-hydroxylation sites is 2. The Hall–Kier alpha value is -2.39. The molecule has 0 N–H and O–H groups in total. The van der Waals surface area contributed by atoms with Crippen molar-refractivity contribution in [3.8, 4) is 5.69 Å². The SMILES string of the molecule is O=c1c2ccccc2n(-c2ccc(Br)cc2)c2ccccc12. The van der Waals surface area contributed by atoms with E-state index in [2.05, 4.69) is 20.5 Å². The Bertz CT molecular complexity index is 988. The van der Waals surface area contributed by atoms with Crippen molar-refractivity contribution in [3.05, 3.63) is 87.5 Å². The van der Waals surface area contributed by atoms with Crippen LogP contribution in [0.1, 0.15) is 0 Å². The average Bonchev–Trinajstić information content (AvgIpc) is 2.57. The third-order valence-electron chi connectivity index (χ3n) is 3.86. The lowest BCUT2D eigenvalue weighted by atomic mass is 10.1. The molecule has 0 aliphatic carbocycles. The van der Waals surface area contributed by atoms with Crippen LogP contribution in [0.15, 0.2) is 82.1 Å². The van der Waals surface area contributed by atoms with Gasteiger partial charge in [0, 0.05) is 20.9 Å². The van der Waals surface area contributed by atoms with Crippen molar-refractivity contribution < 1.29 is 0 Å². The largest absolute Gasteiger partial charge is 0.309 e. The van der Waals surface area contributed by atoms with Crippen LogP contribution in [-0.2, 0) is 0 Å². The van der Waals surface area contributed by atoms with Crippen LogP contribution < -0.4 is 5.43 Å². The van der Waals surface area contributed by atoms with Gasteiger partial charge in [-0.15, -0.1) is 0 Å². The summed E-state index contributed by atoms with van der Waals surface area (Å²) < 4.78 is 3.17. The summed E-state index contributed by atoms with van der Waals surface area (Å²) >= 11 is 3.47. The molecule has 0 saturated carbocycles. The summed E-state index contributed by atoms with van der Waals surface area (Å²) in [4.78, 5) is 12.7. The van der Waals surface area contributed by atoms with Gasteiger partial charge in [0.15, 0.2) is 5.43 Å². The van der Waals surface area contributed by atoms with E-state index in [1.807, 2.05) is 72.8 Å². The lowest BCUT2D eigenvalue weighted by molar-refractivity contribution is 1.16. The van der Waals surface area contributed by atoms with E-state index in [4.69, 9.17) is 0 Å². The number of nitrogens with zero attached hydrogens (tertiary/aromatic N) is 1. The highest BCUT2D eigenvalue weighted by atomic mass is 79.9. The molecule has 3 aromatic carbocycles. The Morgan fingerprint density at radius 3 is 1.73 bits per heavy atom. The molecule has 4 aromatic rings. The molecule has 2 nitrogen and oxygen atoms in total. The van der Waals surface area contributed by atoms with Crippen molar-refractivity contribution in [3.63, 3.8) is 0 Å². The van der Waals surface area contributed by atoms with E-state index >= 15 is 0 Å². The summed E-state index contributed by atoms with van der Waals surface area (Å²) in [6.45, 7) is 0. The fourth-order valence-electron chi connectivity index (χ4n) is 2.86. The van der Waals surface area contributed by atoms with E-state index in [1.165, 1.54) is 0 Å². The predicted molar refractivity (Wildman–Crippen MR) is 94.8 cm³/mol. The van der Waals surface area contributed by atoms with Gasteiger partial charge in [0.1, 0.15) is 0 Å². The highest BCUT2D eigenvalue weighted by Gasteiger charge is 2.11. The quantitative estimate of drug-likeness (QED) is 0.447. The molecule has 0 bridgehead atoms. The van der Waals surface area contributed by atoms with Crippen LogP contribution in [-0.4, -0.2) is 4.57 Å². The van der Waals surface area contributed by atoms with E-state index in [9.17, 15) is 4.79 Å². The highest BCUT2D eigenvalue weighted by Crippen LogP contribution is 2.24. The maximum atomic E-state index is 12.7. The maximum Gasteiger partial charge on any atom is 0.197 e. The Morgan fingerprint density at radius 2 is 1.18 bits per heavy atom. The van der Waals surface area contributed by atoms with Gasteiger partial charge in [-0.05, 0) is 48.5 Å². The molecule has 0 saturated heterocycles.